The number of hydrogen-bond acceptors (Lipinski definition) is 6. The van der Waals surface area contributed by atoms with Gasteiger partial charge in [0.05, 0.1) is 11.1 Å². The average Bonchev–Trinajstić information content (AvgIpc) is 3.48. The van der Waals surface area contributed by atoms with Crippen LogP contribution >= 0.6 is 11.3 Å². The Hall–Kier alpha value is -3.00. The number of benzene rings is 1. The highest BCUT2D eigenvalue weighted by molar-refractivity contribution is 7.15. The van der Waals surface area contributed by atoms with E-state index in [0.29, 0.717) is 36.8 Å². The number of anilines is 1. The maximum absolute atomic E-state index is 13.5. The van der Waals surface area contributed by atoms with Crippen LogP contribution in [0.15, 0.2) is 40.9 Å². The van der Waals surface area contributed by atoms with Crippen molar-refractivity contribution in [1.82, 2.24) is 15.0 Å². The number of hydrogen-bond donors (Lipinski definition) is 1. The zero-order chi connectivity index (χ0) is 22.0. The third kappa shape index (κ3) is 4.39. The standard InChI is InChI=1S/C23H26N4O3S/c1-4-19-15(2)31-22(24-19)25-21(29)23(10-11-27(14-23)16(3)28)13-18-12-20(26-30-18)17-8-6-5-7-9-17/h5-9,12H,4,10-11,13-14H2,1-3H3,(H,24,25,29)/t23-/m0/s1. The van der Waals surface area contributed by atoms with Gasteiger partial charge in [0.15, 0.2) is 5.13 Å². The number of amides is 2. The Morgan fingerprint density at radius 1 is 1.29 bits per heavy atom. The van der Waals surface area contributed by atoms with E-state index in [2.05, 4.69) is 15.5 Å². The molecular formula is C23H26N4O3S. The zero-order valence-electron chi connectivity index (χ0n) is 18.0. The Bertz CT molecular complexity index is 1090. The Labute approximate surface area is 185 Å². The SMILES string of the molecule is CCc1nc(NC(=O)[C@]2(Cc3cc(-c4ccccc4)no3)CCN(C(C)=O)C2)sc1C. The van der Waals surface area contributed by atoms with Crippen LogP contribution in [0.2, 0.25) is 0 Å². The molecule has 1 aromatic carbocycles. The summed E-state index contributed by atoms with van der Waals surface area (Å²) in [6.07, 6.45) is 1.75. The fraction of sp³-hybridized carbons (Fsp3) is 0.391. The van der Waals surface area contributed by atoms with E-state index in [1.54, 1.807) is 4.90 Å². The van der Waals surface area contributed by atoms with Gasteiger partial charge in [0.2, 0.25) is 11.8 Å². The lowest BCUT2D eigenvalue weighted by Gasteiger charge is -2.26. The Morgan fingerprint density at radius 2 is 2.06 bits per heavy atom. The van der Waals surface area contributed by atoms with Crippen LogP contribution in [0.25, 0.3) is 11.3 Å². The number of rotatable bonds is 6. The van der Waals surface area contributed by atoms with Gasteiger partial charge in [-0.05, 0) is 19.8 Å². The van der Waals surface area contributed by atoms with Crippen molar-refractivity contribution in [2.24, 2.45) is 5.41 Å². The molecular weight excluding hydrogens is 412 g/mol. The van der Waals surface area contributed by atoms with Gasteiger partial charge >= 0.3 is 0 Å². The van der Waals surface area contributed by atoms with Crippen LogP contribution in [0.5, 0.6) is 0 Å². The molecule has 0 saturated carbocycles. The average molecular weight is 439 g/mol. The van der Waals surface area contributed by atoms with Crippen LogP contribution in [0.1, 0.15) is 36.6 Å². The van der Waals surface area contributed by atoms with Crippen molar-refractivity contribution in [1.29, 1.82) is 0 Å². The summed E-state index contributed by atoms with van der Waals surface area (Å²) >= 11 is 1.48. The maximum atomic E-state index is 13.5. The molecule has 3 aromatic rings. The van der Waals surface area contributed by atoms with Gasteiger partial charge in [-0.2, -0.15) is 0 Å². The van der Waals surface area contributed by atoms with Crippen molar-refractivity contribution in [3.63, 3.8) is 0 Å². The summed E-state index contributed by atoms with van der Waals surface area (Å²) in [5, 5.41) is 7.79. The first-order chi connectivity index (χ1) is 14.9. The van der Waals surface area contributed by atoms with Gasteiger partial charge in [0.1, 0.15) is 11.5 Å². The highest BCUT2D eigenvalue weighted by Gasteiger charge is 2.46. The first-order valence-corrected chi connectivity index (χ1v) is 11.3. The van der Waals surface area contributed by atoms with E-state index < -0.39 is 5.41 Å². The van der Waals surface area contributed by atoms with E-state index in [0.717, 1.165) is 28.2 Å². The molecule has 2 aromatic heterocycles. The van der Waals surface area contributed by atoms with Crippen molar-refractivity contribution >= 4 is 28.3 Å². The Balaban J connectivity index is 1.59. The van der Waals surface area contributed by atoms with E-state index in [4.69, 9.17) is 4.52 Å². The lowest BCUT2D eigenvalue weighted by Crippen LogP contribution is -2.41. The molecule has 3 heterocycles. The van der Waals surface area contributed by atoms with E-state index in [-0.39, 0.29) is 11.8 Å². The molecule has 2 amide bonds. The summed E-state index contributed by atoms with van der Waals surface area (Å²) in [5.41, 5.74) is 1.90. The molecule has 0 bridgehead atoms. The second kappa shape index (κ2) is 8.63. The molecule has 7 nitrogen and oxygen atoms in total. The van der Waals surface area contributed by atoms with Crippen LogP contribution in [-0.4, -0.2) is 39.9 Å². The number of nitrogens with one attached hydrogen (secondary N) is 1. The third-order valence-corrected chi connectivity index (χ3v) is 6.80. The van der Waals surface area contributed by atoms with E-state index >= 15 is 0 Å². The van der Waals surface area contributed by atoms with Gasteiger partial charge in [0, 0.05) is 42.9 Å². The smallest absolute Gasteiger partial charge is 0.234 e. The van der Waals surface area contributed by atoms with Gasteiger partial charge in [-0.15, -0.1) is 11.3 Å². The highest BCUT2D eigenvalue weighted by Crippen LogP contribution is 2.37. The normalized spacial score (nSPS) is 18.4. The van der Waals surface area contributed by atoms with Crippen molar-refractivity contribution < 1.29 is 14.1 Å². The number of carbonyl (C=O) groups excluding carboxylic acids is 2. The molecule has 1 N–H and O–H groups in total. The van der Waals surface area contributed by atoms with Crippen LogP contribution in [-0.2, 0) is 22.4 Å². The zero-order valence-corrected chi connectivity index (χ0v) is 18.8. The number of likely N-dealkylation sites (tertiary alicyclic amines) is 1. The fourth-order valence-corrected chi connectivity index (χ4v) is 4.96. The molecule has 0 aliphatic carbocycles. The molecule has 0 radical (unpaired) electrons. The minimum absolute atomic E-state index is 0.0319. The molecule has 1 saturated heterocycles. The van der Waals surface area contributed by atoms with E-state index in [1.807, 2.05) is 50.2 Å². The maximum Gasteiger partial charge on any atom is 0.234 e. The number of aryl methyl sites for hydroxylation is 2. The second-order valence-corrected chi connectivity index (χ2v) is 9.22. The van der Waals surface area contributed by atoms with Crippen LogP contribution in [0.4, 0.5) is 5.13 Å². The minimum atomic E-state index is -0.787. The van der Waals surface area contributed by atoms with E-state index in [9.17, 15) is 9.59 Å². The van der Waals surface area contributed by atoms with Crippen LogP contribution in [0.3, 0.4) is 0 Å². The van der Waals surface area contributed by atoms with E-state index in [1.165, 1.54) is 18.3 Å². The molecule has 31 heavy (non-hydrogen) atoms. The van der Waals surface area contributed by atoms with Crippen molar-refractivity contribution in [2.75, 3.05) is 18.4 Å². The molecule has 8 heteroatoms. The van der Waals surface area contributed by atoms with Crippen LogP contribution in [0, 0.1) is 12.3 Å². The molecule has 1 fully saturated rings. The lowest BCUT2D eigenvalue weighted by atomic mass is 9.81. The molecule has 162 valence electrons. The van der Waals surface area contributed by atoms with Gasteiger partial charge in [-0.3, -0.25) is 9.59 Å². The summed E-state index contributed by atoms with van der Waals surface area (Å²) in [6, 6.07) is 11.6. The predicted molar refractivity (Wildman–Crippen MR) is 120 cm³/mol. The number of nitrogens with zero attached hydrogens (tertiary/aromatic N) is 3. The minimum Gasteiger partial charge on any atom is -0.361 e. The second-order valence-electron chi connectivity index (χ2n) is 8.02. The first kappa shape index (κ1) is 21.2. The van der Waals surface area contributed by atoms with Gasteiger partial charge in [0.25, 0.3) is 0 Å². The Morgan fingerprint density at radius 3 is 2.71 bits per heavy atom. The molecule has 1 aliphatic rings. The third-order valence-electron chi connectivity index (χ3n) is 5.87. The number of aromatic nitrogens is 2. The largest absolute Gasteiger partial charge is 0.361 e. The predicted octanol–water partition coefficient (Wildman–Crippen LogP) is 4.09. The summed E-state index contributed by atoms with van der Waals surface area (Å²) in [5.74, 6) is 0.463. The topological polar surface area (TPSA) is 88.3 Å². The Kier molecular flexibility index (Phi) is 5.91. The van der Waals surface area contributed by atoms with Crippen molar-refractivity contribution in [2.45, 2.75) is 40.0 Å². The highest BCUT2D eigenvalue weighted by atomic mass is 32.1. The molecule has 1 aliphatic heterocycles. The summed E-state index contributed by atoms with van der Waals surface area (Å²) in [7, 11) is 0. The van der Waals surface area contributed by atoms with Gasteiger partial charge in [-0.1, -0.05) is 42.4 Å². The number of thiazole rings is 1. The quantitative estimate of drug-likeness (QED) is 0.626. The summed E-state index contributed by atoms with van der Waals surface area (Å²) in [4.78, 5) is 32.8. The van der Waals surface area contributed by atoms with Crippen LogP contribution < -0.4 is 5.32 Å². The van der Waals surface area contributed by atoms with Crippen molar-refractivity contribution in [3.8, 4) is 11.3 Å². The monoisotopic (exact) mass is 438 g/mol. The fourth-order valence-electron chi connectivity index (χ4n) is 4.07. The summed E-state index contributed by atoms with van der Waals surface area (Å²) < 4.78 is 5.60. The number of carbonyl (C=O) groups is 2. The van der Waals surface area contributed by atoms with Gasteiger partial charge in [-0.25, -0.2) is 4.98 Å². The molecule has 1 atom stereocenters. The lowest BCUT2D eigenvalue weighted by molar-refractivity contribution is -0.129. The summed E-state index contributed by atoms with van der Waals surface area (Å²) in [6.45, 7) is 6.48. The molecule has 0 spiro atoms. The first-order valence-electron chi connectivity index (χ1n) is 10.4. The van der Waals surface area contributed by atoms with Gasteiger partial charge < -0.3 is 14.7 Å². The van der Waals surface area contributed by atoms with Crippen molar-refractivity contribution in [3.05, 3.63) is 52.7 Å². The molecule has 0 unspecified atom stereocenters. The molecule has 4 rings (SSSR count).